The van der Waals surface area contributed by atoms with Gasteiger partial charge in [0.25, 0.3) is 0 Å². The van der Waals surface area contributed by atoms with E-state index in [0.717, 1.165) is 25.9 Å². The van der Waals surface area contributed by atoms with E-state index in [9.17, 15) is 9.59 Å². The van der Waals surface area contributed by atoms with E-state index in [1.807, 2.05) is 4.90 Å². The van der Waals surface area contributed by atoms with Gasteiger partial charge in [-0.2, -0.15) is 0 Å². The highest BCUT2D eigenvalue weighted by atomic mass is 35.5. The molecule has 0 radical (unpaired) electrons. The highest BCUT2D eigenvalue weighted by molar-refractivity contribution is 5.96. The molecule has 0 aromatic rings. The Balaban J connectivity index is 0.00000256. The van der Waals surface area contributed by atoms with Crippen LogP contribution in [0, 0.1) is 5.92 Å². The van der Waals surface area contributed by atoms with E-state index < -0.39 is 6.03 Å². The van der Waals surface area contributed by atoms with E-state index in [1.165, 1.54) is 0 Å². The zero-order chi connectivity index (χ0) is 12.1. The molecule has 1 fully saturated rings. The molecule has 0 aromatic carbocycles. The first-order valence-corrected chi connectivity index (χ1v) is 5.59. The number of nitrogens with one attached hydrogen (secondary N) is 1. The van der Waals surface area contributed by atoms with Gasteiger partial charge in [0.15, 0.2) is 0 Å². The predicted molar refractivity (Wildman–Crippen MR) is 67.8 cm³/mol. The fourth-order valence-electron chi connectivity index (χ4n) is 2.03. The van der Waals surface area contributed by atoms with Gasteiger partial charge in [0.2, 0.25) is 5.91 Å². The standard InChI is InChI=1S/C10H20N4O2.ClH/c1-7(9(15)13-10(12)16)14-4-2-3-8(5-11)6-14;/h7-8H,2-6,11H2,1H3,(H3,12,13,15,16);1H. The first kappa shape index (κ1) is 16.1. The number of halogens is 1. The molecule has 1 saturated heterocycles. The van der Waals surface area contributed by atoms with Crippen molar-refractivity contribution in [1.29, 1.82) is 0 Å². The zero-order valence-electron chi connectivity index (χ0n) is 10.0. The lowest BCUT2D eigenvalue weighted by Gasteiger charge is -2.35. The van der Waals surface area contributed by atoms with Crippen molar-refractivity contribution in [2.24, 2.45) is 17.4 Å². The number of carbonyl (C=O) groups is 2. The van der Waals surface area contributed by atoms with Crippen LogP contribution in [-0.4, -0.2) is 42.5 Å². The summed E-state index contributed by atoms with van der Waals surface area (Å²) in [5.74, 6) is 0.0998. The van der Waals surface area contributed by atoms with E-state index in [4.69, 9.17) is 11.5 Å². The minimum Gasteiger partial charge on any atom is -0.351 e. The van der Waals surface area contributed by atoms with Crippen LogP contribution in [0.1, 0.15) is 19.8 Å². The van der Waals surface area contributed by atoms with E-state index in [2.05, 4.69) is 5.32 Å². The first-order valence-electron chi connectivity index (χ1n) is 5.59. The van der Waals surface area contributed by atoms with E-state index in [1.54, 1.807) is 6.92 Å². The number of carbonyl (C=O) groups excluding carboxylic acids is 2. The quantitative estimate of drug-likeness (QED) is 0.649. The number of imide groups is 1. The molecule has 2 unspecified atom stereocenters. The van der Waals surface area contributed by atoms with E-state index in [0.29, 0.717) is 12.5 Å². The van der Waals surface area contributed by atoms with Gasteiger partial charge in [-0.3, -0.25) is 15.0 Å². The average Bonchev–Trinajstić information content (AvgIpc) is 2.27. The summed E-state index contributed by atoms with van der Waals surface area (Å²) in [6.45, 7) is 4.09. The first-order chi connectivity index (χ1) is 7.54. The maximum atomic E-state index is 11.6. The topological polar surface area (TPSA) is 101 Å². The second kappa shape index (κ2) is 7.47. The molecule has 0 spiro atoms. The monoisotopic (exact) mass is 264 g/mol. The third-order valence-electron chi connectivity index (χ3n) is 3.06. The number of nitrogens with zero attached hydrogens (tertiary/aromatic N) is 1. The lowest BCUT2D eigenvalue weighted by molar-refractivity contribution is -0.125. The van der Waals surface area contributed by atoms with Crippen molar-refractivity contribution in [2.75, 3.05) is 19.6 Å². The fourth-order valence-corrected chi connectivity index (χ4v) is 2.03. The third kappa shape index (κ3) is 4.89. The molecule has 0 aromatic heterocycles. The number of primary amides is 1. The van der Waals surface area contributed by atoms with Gasteiger partial charge in [-0.25, -0.2) is 4.79 Å². The molecular formula is C10H21ClN4O2. The molecule has 3 amide bonds. The van der Waals surface area contributed by atoms with Gasteiger partial charge in [0, 0.05) is 6.54 Å². The molecule has 1 aliphatic heterocycles. The van der Waals surface area contributed by atoms with Crippen LogP contribution in [0.3, 0.4) is 0 Å². The molecule has 5 N–H and O–H groups in total. The maximum absolute atomic E-state index is 11.6. The molecule has 1 heterocycles. The van der Waals surface area contributed by atoms with Gasteiger partial charge in [-0.15, -0.1) is 12.4 Å². The van der Waals surface area contributed by atoms with E-state index >= 15 is 0 Å². The van der Waals surface area contributed by atoms with Crippen LogP contribution in [0.15, 0.2) is 0 Å². The van der Waals surface area contributed by atoms with Crippen LogP contribution in [0.4, 0.5) is 4.79 Å². The number of hydrogen-bond donors (Lipinski definition) is 3. The summed E-state index contributed by atoms with van der Waals surface area (Å²) in [6.07, 6.45) is 2.15. The smallest absolute Gasteiger partial charge is 0.318 e. The van der Waals surface area contributed by atoms with Crippen LogP contribution in [0.5, 0.6) is 0 Å². The molecule has 1 aliphatic rings. The third-order valence-corrected chi connectivity index (χ3v) is 3.06. The Labute approximate surface area is 107 Å². The highest BCUT2D eigenvalue weighted by Gasteiger charge is 2.27. The molecule has 7 heteroatoms. The molecule has 0 aliphatic carbocycles. The summed E-state index contributed by atoms with van der Waals surface area (Å²) in [4.78, 5) is 24.2. The number of nitrogens with two attached hydrogens (primary N) is 2. The normalized spacial score (nSPS) is 22.4. The lowest BCUT2D eigenvalue weighted by Crippen LogP contribution is -2.51. The summed E-state index contributed by atoms with van der Waals surface area (Å²) < 4.78 is 0. The van der Waals surface area contributed by atoms with Gasteiger partial charge in [0.05, 0.1) is 6.04 Å². The number of rotatable bonds is 3. The minimum atomic E-state index is -0.802. The van der Waals surface area contributed by atoms with Crippen molar-refractivity contribution in [1.82, 2.24) is 10.2 Å². The summed E-state index contributed by atoms with van der Waals surface area (Å²) in [7, 11) is 0. The molecule has 6 nitrogen and oxygen atoms in total. The lowest BCUT2D eigenvalue weighted by atomic mass is 9.97. The van der Waals surface area contributed by atoms with E-state index in [-0.39, 0.29) is 24.4 Å². The van der Waals surface area contributed by atoms with Gasteiger partial charge in [0.1, 0.15) is 0 Å². The molecule has 1 rings (SSSR count). The van der Waals surface area contributed by atoms with Gasteiger partial charge in [-0.1, -0.05) is 0 Å². The SMILES string of the molecule is CC(C(=O)NC(N)=O)N1CCCC(CN)C1.Cl. The van der Waals surface area contributed by atoms with Gasteiger partial charge >= 0.3 is 6.03 Å². The molecule has 100 valence electrons. The summed E-state index contributed by atoms with van der Waals surface area (Å²) >= 11 is 0. The van der Waals surface area contributed by atoms with Crippen LogP contribution in [0.25, 0.3) is 0 Å². The molecular weight excluding hydrogens is 244 g/mol. The molecule has 17 heavy (non-hydrogen) atoms. The van der Waals surface area contributed by atoms with Crippen molar-refractivity contribution >= 4 is 24.3 Å². The van der Waals surface area contributed by atoms with Crippen molar-refractivity contribution in [2.45, 2.75) is 25.8 Å². The number of piperidine rings is 1. The van der Waals surface area contributed by atoms with Crippen molar-refractivity contribution in [3.63, 3.8) is 0 Å². The number of urea groups is 1. The second-order valence-electron chi connectivity index (χ2n) is 4.27. The maximum Gasteiger partial charge on any atom is 0.318 e. The Hall–Kier alpha value is -0.850. The zero-order valence-corrected chi connectivity index (χ0v) is 10.8. The van der Waals surface area contributed by atoms with Crippen LogP contribution >= 0.6 is 12.4 Å². The summed E-state index contributed by atoms with van der Waals surface area (Å²) in [5.41, 5.74) is 10.5. The van der Waals surface area contributed by atoms with Crippen molar-refractivity contribution < 1.29 is 9.59 Å². The van der Waals surface area contributed by atoms with Crippen molar-refractivity contribution in [3.05, 3.63) is 0 Å². The predicted octanol–water partition coefficient (Wildman–Crippen LogP) is -0.338. The van der Waals surface area contributed by atoms with Crippen LogP contribution in [-0.2, 0) is 4.79 Å². The summed E-state index contributed by atoms with van der Waals surface area (Å²) in [5, 5.41) is 2.10. The Bertz CT molecular complexity index is 275. The fraction of sp³-hybridized carbons (Fsp3) is 0.800. The Morgan fingerprint density at radius 2 is 2.18 bits per heavy atom. The average molecular weight is 265 g/mol. The number of hydrogen-bond acceptors (Lipinski definition) is 4. The van der Waals surface area contributed by atoms with Crippen LogP contribution in [0.2, 0.25) is 0 Å². The highest BCUT2D eigenvalue weighted by Crippen LogP contribution is 2.17. The Morgan fingerprint density at radius 3 is 2.71 bits per heavy atom. The number of amides is 3. The van der Waals surface area contributed by atoms with Gasteiger partial charge < -0.3 is 11.5 Å². The minimum absolute atomic E-state index is 0. The Morgan fingerprint density at radius 1 is 1.53 bits per heavy atom. The van der Waals surface area contributed by atoms with Crippen molar-refractivity contribution in [3.8, 4) is 0 Å². The molecule has 0 saturated carbocycles. The number of likely N-dealkylation sites (tertiary alicyclic amines) is 1. The van der Waals surface area contributed by atoms with Crippen LogP contribution < -0.4 is 16.8 Å². The molecule has 0 bridgehead atoms. The Kier molecular flexibility index (Phi) is 7.10. The molecule has 2 atom stereocenters. The second-order valence-corrected chi connectivity index (χ2v) is 4.27. The largest absolute Gasteiger partial charge is 0.351 e. The van der Waals surface area contributed by atoms with Gasteiger partial charge in [-0.05, 0) is 38.8 Å². The summed E-state index contributed by atoms with van der Waals surface area (Å²) in [6, 6.07) is -1.13.